The van der Waals surface area contributed by atoms with Gasteiger partial charge in [0.1, 0.15) is 0 Å². The Bertz CT molecular complexity index is 413. The Morgan fingerprint density at radius 3 is 2.83 bits per heavy atom. The van der Waals surface area contributed by atoms with Crippen molar-refractivity contribution in [1.82, 2.24) is 10.2 Å². The number of nitrogens with zero attached hydrogens (tertiary/aromatic N) is 1. The summed E-state index contributed by atoms with van der Waals surface area (Å²) in [6, 6.07) is 8.75. The third-order valence-electron chi connectivity index (χ3n) is 3.11. The summed E-state index contributed by atoms with van der Waals surface area (Å²) in [5.41, 5.74) is 2.40. The molecule has 1 saturated carbocycles. The van der Waals surface area contributed by atoms with Gasteiger partial charge in [-0.1, -0.05) is 36.4 Å². The minimum atomic E-state index is 0.746. The molecular formula is C15H21ClN2. The molecule has 1 aliphatic carbocycles. The van der Waals surface area contributed by atoms with E-state index in [2.05, 4.69) is 29.9 Å². The van der Waals surface area contributed by atoms with Crippen molar-refractivity contribution in [2.75, 3.05) is 20.1 Å². The molecule has 0 saturated heterocycles. The quantitative estimate of drug-likeness (QED) is 0.762. The van der Waals surface area contributed by atoms with Gasteiger partial charge in [-0.3, -0.25) is 4.90 Å². The summed E-state index contributed by atoms with van der Waals surface area (Å²) >= 11 is 6.15. The molecule has 0 spiro atoms. The summed E-state index contributed by atoms with van der Waals surface area (Å²) in [5.74, 6) is 0. The number of hydrogen-bond acceptors (Lipinski definition) is 2. The van der Waals surface area contributed by atoms with Gasteiger partial charge in [0.25, 0.3) is 0 Å². The van der Waals surface area contributed by atoms with E-state index in [1.54, 1.807) is 0 Å². The molecule has 3 heteroatoms. The molecule has 1 aliphatic rings. The van der Waals surface area contributed by atoms with Crippen LogP contribution in [-0.4, -0.2) is 31.1 Å². The van der Waals surface area contributed by atoms with Gasteiger partial charge in [0, 0.05) is 30.7 Å². The fourth-order valence-corrected chi connectivity index (χ4v) is 2.18. The van der Waals surface area contributed by atoms with Gasteiger partial charge in [-0.2, -0.15) is 0 Å². The molecule has 0 unspecified atom stereocenters. The lowest BCUT2D eigenvalue weighted by Gasteiger charge is -2.19. The second-order valence-electron chi connectivity index (χ2n) is 5.17. The Hall–Kier alpha value is -0.830. The van der Waals surface area contributed by atoms with E-state index in [0.29, 0.717) is 0 Å². The zero-order chi connectivity index (χ0) is 13.0. The van der Waals surface area contributed by atoms with Gasteiger partial charge in [-0.05, 0) is 37.1 Å². The van der Waals surface area contributed by atoms with E-state index >= 15 is 0 Å². The van der Waals surface area contributed by atoms with Crippen LogP contribution < -0.4 is 5.32 Å². The Kier molecular flexibility index (Phi) is 4.81. The standard InChI is InChI=1S/C15H21ClN2/c1-12(9-17-14-7-8-14)10-18(2)11-13-5-3-4-6-15(13)16/h3-6,14,17H,1,7-11H2,2H3. The van der Waals surface area contributed by atoms with Crippen LogP contribution >= 0.6 is 11.6 Å². The van der Waals surface area contributed by atoms with Crippen molar-refractivity contribution in [3.05, 3.63) is 47.0 Å². The van der Waals surface area contributed by atoms with E-state index in [1.165, 1.54) is 24.0 Å². The molecule has 1 aromatic carbocycles. The Morgan fingerprint density at radius 2 is 2.17 bits per heavy atom. The normalized spacial score (nSPS) is 15.1. The minimum Gasteiger partial charge on any atom is -0.310 e. The van der Waals surface area contributed by atoms with E-state index in [-0.39, 0.29) is 0 Å². The van der Waals surface area contributed by atoms with Crippen LogP contribution in [0.25, 0.3) is 0 Å². The highest BCUT2D eigenvalue weighted by atomic mass is 35.5. The SMILES string of the molecule is C=C(CNC1CC1)CN(C)Cc1ccccc1Cl. The van der Waals surface area contributed by atoms with Gasteiger partial charge in [0.05, 0.1) is 0 Å². The molecule has 0 amide bonds. The Morgan fingerprint density at radius 1 is 1.44 bits per heavy atom. The van der Waals surface area contributed by atoms with Crippen LogP contribution in [0.5, 0.6) is 0 Å². The highest BCUT2D eigenvalue weighted by Crippen LogP contribution is 2.19. The van der Waals surface area contributed by atoms with Crippen LogP contribution in [0, 0.1) is 0 Å². The summed E-state index contributed by atoms with van der Waals surface area (Å²) < 4.78 is 0. The maximum Gasteiger partial charge on any atom is 0.0451 e. The highest BCUT2D eigenvalue weighted by Gasteiger charge is 2.20. The second kappa shape index (κ2) is 6.37. The first-order chi connectivity index (χ1) is 8.65. The van der Waals surface area contributed by atoms with Crippen molar-refractivity contribution in [1.29, 1.82) is 0 Å². The molecule has 2 nitrogen and oxygen atoms in total. The predicted octanol–water partition coefficient (Wildman–Crippen LogP) is 3.08. The van der Waals surface area contributed by atoms with Crippen LogP contribution in [0.3, 0.4) is 0 Å². The molecular weight excluding hydrogens is 244 g/mol. The lowest BCUT2D eigenvalue weighted by atomic mass is 10.2. The zero-order valence-corrected chi connectivity index (χ0v) is 11.7. The van der Waals surface area contributed by atoms with Crippen molar-refractivity contribution >= 4 is 11.6 Å². The fraction of sp³-hybridized carbons (Fsp3) is 0.467. The molecule has 0 aromatic heterocycles. The van der Waals surface area contributed by atoms with Gasteiger partial charge < -0.3 is 5.32 Å². The van der Waals surface area contributed by atoms with Crippen LogP contribution in [0.15, 0.2) is 36.4 Å². The van der Waals surface area contributed by atoms with Crippen molar-refractivity contribution in [3.63, 3.8) is 0 Å². The summed E-state index contributed by atoms with van der Waals surface area (Å²) in [6.45, 7) is 6.82. The first-order valence-electron chi connectivity index (χ1n) is 6.47. The minimum absolute atomic E-state index is 0.746. The maximum atomic E-state index is 6.15. The third kappa shape index (κ3) is 4.45. The second-order valence-corrected chi connectivity index (χ2v) is 5.58. The molecule has 0 heterocycles. The number of nitrogens with one attached hydrogen (secondary N) is 1. The van der Waals surface area contributed by atoms with E-state index in [0.717, 1.165) is 30.7 Å². The van der Waals surface area contributed by atoms with Crippen molar-refractivity contribution in [3.8, 4) is 0 Å². The van der Waals surface area contributed by atoms with Gasteiger partial charge in [0.2, 0.25) is 0 Å². The van der Waals surface area contributed by atoms with E-state index in [4.69, 9.17) is 11.6 Å². The first-order valence-corrected chi connectivity index (χ1v) is 6.85. The summed E-state index contributed by atoms with van der Waals surface area (Å²) in [4.78, 5) is 2.25. The summed E-state index contributed by atoms with van der Waals surface area (Å²) in [5, 5.41) is 4.32. The average molecular weight is 265 g/mol. The number of rotatable bonds is 7. The van der Waals surface area contributed by atoms with Crippen molar-refractivity contribution < 1.29 is 0 Å². The molecule has 2 rings (SSSR count). The molecule has 0 aliphatic heterocycles. The maximum absolute atomic E-state index is 6.15. The molecule has 98 valence electrons. The van der Waals surface area contributed by atoms with Crippen LogP contribution in [0.4, 0.5) is 0 Å². The van der Waals surface area contributed by atoms with Crippen LogP contribution in [0.2, 0.25) is 5.02 Å². The largest absolute Gasteiger partial charge is 0.310 e. The third-order valence-corrected chi connectivity index (χ3v) is 3.48. The number of likely N-dealkylation sites (N-methyl/N-ethyl adjacent to an activating group) is 1. The predicted molar refractivity (Wildman–Crippen MR) is 78.0 cm³/mol. The fourth-order valence-electron chi connectivity index (χ4n) is 1.99. The van der Waals surface area contributed by atoms with Gasteiger partial charge in [-0.15, -0.1) is 0 Å². The van der Waals surface area contributed by atoms with Crippen LogP contribution in [0.1, 0.15) is 18.4 Å². The van der Waals surface area contributed by atoms with E-state index < -0.39 is 0 Å². The molecule has 0 bridgehead atoms. The smallest absolute Gasteiger partial charge is 0.0451 e. The van der Waals surface area contributed by atoms with Gasteiger partial charge >= 0.3 is 0 Å². The highest BCUT2D eigenvalue weighted by molar-refractivity contribution is 6.31. The van der Waals surface area contributed by atoms with E-state index in [9.17, 15) is 0 Å². The lowest BCUT2D eigenvalue weighted by Crippen LogP contribution is -2.26. The molecule has 0 radical (unpaired) electrons. The zero-order valence-electron chi connectivity index (χ0n) is 11.0. The molecule has 0 atom stereocenters. The monoisotopic (exact) mass is 264 g/mol. The number of halogens is 1. The first kappa shape index (κ1) is 13.6. The summed E-state index contributed by atoms with van der Waals surface area (Å²) in [7, 11) is 2.10. The van der Waals surface area contributed by atoms with Gasteiger partial charge in [0.15, 0.2) is 0 Å². The topological polar surface area (TPSA) is 15.3 Å². The van der Waals surface area contributed by atoms with Gasteiger partial charge in [-0.25, -0.2) is 0 Å². The van der Waals surface area contributed by atoms with Crippen LogP contribution in [-0.2, 0) is 6.54 Å². The number of benzene rings is 1. The summed E-state index contributed by atoms with van der Waals surface area (Å²) in [6.07, 6.45) is 2.64. The molecule has 1 N–H and O–H groups in total. The van der Waals surface area contributed by atoms with Crippen molar-refractivity contribution in [2.45, 2.75) is 25.4 Å². The lowest BCUT2D eigenvalue weighted by molar-refractivity contribution is 0.352. The average Bonchev–Trinajstić information content (AvgIpc) is 3.13. The Labute approximate surface area is 115 Å². The molecule has 18 heavy (non-hydrogen) atoms. The number of hydrogen-bond donors (Lipinski definition) is 1. The van der Waals surface area contributed by atoms with E-state index in [1.807, 2.05) is 18.2 Å². The van der Waals surface area contributed by atoms with Crippen molar-refractivity contribution in [2.24, 2.45) is 0 Å². The molecule has 1 aromatic rings. The molecule has 1 fully saturated rings. The Balaban J connectivity index is 1.75.